The van der Waals surface area contributed by atoms with Crippen LogP contribution < -0.4 is 9.62 Å². The first-order valence-corrected chi connectivity index (χ1v) is 14.4. The lowest BCUT2D eigenvalue weighted by Crippen LogP contribution is -2.44. The second-order valence-electron chi connectivity index (χ2n) is 9.04. The van der Waals surface area contributed by atoms with Crippen LogP contribution in [-0.2, 0) is 10.0 Å². The van der Waals surface area contributed by atoms with Gasteiger partial charge in [0.25, 0.3) is 10.0 Å². The van der Waals surface area contributed by atoms with Crippen molar-refractivity contribution < 1.29 is 8.42 Å². The largest absolute Gasteiger partial charge is 0.385 e. The second kappa shape index (κ2) is 10.2. The number of benzene rings is 3. The van der Waals surface area contributed by atoms with E-state index < -0.39 is 10.0 Å². The number of nitrogens with one attached hydrogen (secondary N) is 1. The zero-order valence-electron chi connectivity index (χ0n) is 19.6. The van der Waals surface area contributed by atoms with Gasteiger partial charge >= 0.3 is 0 Å². The van der Waals surface area contributed by atoms with Gasteiger partial charge in [-0.15, -0.1) is 11.8 Å². The van der Waals surface area contributed by atoms with Crippen LogP contribution in [0.2, 0.25) is 0 Å². The van der Waals surface area contributed by atoms with E-state index >= 15 is 0 Å². The van der Waals surface area contributed by atoms with Gasteiger partial charge in [-0.05, 0) is 61.1 Å². The Morgan fingerprint density at radius 3 is 2.53 bits per heavy atom. The molecule has 0 bridgehead atoms. The molecule has 1 N–H and O–H groups in total. The fourth-order valence-corrected chi connectivity index (χ4v) is 7.28. The van der Waals surface area contributed by atoms with Crippen molar-refractivity contribution in [3.63, 3.8) is 0 Å². The van der Waals surface area contributed by atoms with Crippen molar-refractivity contribution >= 4 is 43.9 Å². The maximum absolute atomic E-state index is 13.7. The van der Waals surface area contributed by atoms with Crippen molar-refractivity contribution in [1.82, 2.24) is 9.80 Å². The van der Waals surface area contributed by atoms with Crippen LogP contribution in [0.3, 0.4) is 0 Å². The maximum Gasteiger partial charge on any atom is 0.264 e. The van der Waals surface area contributed by atoms with Gasteiger partial charge in [-0.3, -0.25) is 4.31 Å². The summed E-state index contributed by atoms with van der Waals surface area (Å²) in [7, 11) is -1.47. The van der Waals surface area contributed by atoms with Crippen LogP contribution in [0.25, 0.3) is 10.8 Å². The normalized spacial score (nSPS) is 17.6. The average Bonchev–Trinajstić information content (AvgIpc) is 2.87. The fourth-order valence-electron chi connectivity index (χ4n) is 4.61. The molecule has 0 amide bonds. The summed E-state index contributed by atoms with van der Waals surface area (Å²) in [6.07, 6.45) is 1.06. The topological polar surface area (TPSA) is 55.9 Å². The summed E-state index contributed by atoms with van der Waals surface area (Å²) < 4.78 is 28.9. The first kappa shape index (κ1) is 23.5. The first-order valence-electron chi connectivity index (χ1n) is 11.9. The third-order valence-electron chi connectivity index (χ3n) is 6.66. The Morgan fingerprint density at radius 1 is 0.912 bits per heavy atom. The van der Waals surface area contributed by atoms with Crippen molar-refractivity contribution in [3.8, 4) is 0 Å². The zero-order valence-corrected chi connectivity index (χ0v) is 21.2. The third kappa shape index (κ3) is 5.05. The van der Waals surface area contributed by atoms with Gasteiger partial charge in [-0.2, -0.15) is 0 Å². The highest BCUT2D eigenvalue weighted by atomic mass is 32.2. The molecule has 34 heavy (non-hydrogen) atoms. The van der Waals surface area contributed by atoms with E-state index in [1.165, 1.54) is 0 Å². The molecule has 0 atom stereocenters. The molecule has 6 nitrogen and oxygen atoms in total. The Hall–Kier alpha value is -2.26. The summed E-state index contributed by atoms with van der Waals surface area (Å²) in [6, 6.07) is 19.4. The number of nitrogens with zero attached hydrogens (tertiary/aromatic N) is 3. The third-order valence-corrected chi connectivity index (χ3v) is 9.52. The van der Waals surface area contributed by atoms with Crippen molar-refractivity contribution in [3.05, 3.63) is 60.7 Å². The lowest BCUT2D eigenvalue weighted by molar-refractivity contribution is 0.154. The smallest absolute Gasteiger partial charge is 0.264 e. The molecule has 0 radical (unpaired) electrons. The van der Waals surface area contributed by atoms with Crippen LogP contribution in [0.1, 0.15) is 6.42 Å². The van der Waals surface area contributed by atoms with E-state index in [2.05, 4.69) is 28.2 Å². The number of sulfonamides is 1. The molecule has 2 heterocycles. The molecular formula is C26H32N4O2S2. The Labute approximate surface area is 207 Å². The van der Waals surface area contributed by atoms with E-state index in [-0.39, 0.29) is 0 Å². The summed E-state index contributed by atoms with van der Waals surface area (Å²) in [5.41, 5.74) is 1.74. The molecule has 0 unspecified atom stereocenters. The van der Waals surface area contributed by atoms with Crippen molar-refractivity contribution in [2.45, 2.75) is 16.2 Å². The van der Waals surface area contributed by atoms with E-state index in [0.29, 0.717) is 11.4 Å². The fraction of sp³-hybridized carbons (Fsp3) is 0.385. The summed E-state index contributed by atoms with van der Waals surface area (Å²) in [5.74, 6) is 0.748. The number of hydrogen-bond acceptors (Lipinski definition) is 6. The Morgan fingerprint density at radius 2 is 1.71 bits per heavy atom. The second-order valence-corrected chi connectivity index (χ2v) is 12.0. The maximum atomic E-state index is 13.7. The highest BCUT2D eigenvalue weighted by Crippen LogP contribution is 2.39. The molecule has 0 spiro atoms. The van der Waals surface area contributed by atoms with Crippen LogP contribution in [-0.4, -0.2) is 76.8 Å². The van der Waals surface area contributed by atoms with E-state index in [0.717, 1.165) is 78.5 Å². The van der Waals surface area contributed by atoms with Crippen molar-refractivity contribution in [2.75, 3.05) is 68.2 Å². The standard InChI is InChI=1S/C26H32N4O2S2/c1-28-13-15-29(16-14-28)12-4-11-27-23-8-10-26-25(20-23)30(17-18-33-26)34(31,32)24-9-7-21-5-2-3-6-22(21)19-24/h2-3,5-10,19-20,27H,4,11-18H2,1H3. The van der Waals surface area contributed by atoms with E-state index in [9.17, 15) is 8.42 Å². The average molecular weight is 497 g/mol. The Balaban J connectivity index is 1.30. The van der Waals surface area contributed by atoms with Gasteiger partial charge in [-0.1, -0.05) is 30.3 Å². The number of thioether (sulfide) groups is 1. The van der Waals surface area contributed by atoms with Crippen molar-refractivity contribution in [1.29, 1.82) is 0 Å². The van der Waals surface area contributed by atoms with Gasteiger partial charge in [0, 0.05) is 55.6 Å². The molecule has 1 fully saturated rings. The quantitative estimate of drug-likeness (QED) is 0.495. The summed E-state index contributed by atoms with van der Waals surface area (Å²) in [6.45, 7) is 6.97. The van der Waals surface area contributed by atoms with Gasteiger partial charge in [0.05, 0.1) is 10.6 Å². The Bertz CT molecular complexity index is 1260. The van der Waals surface area contributed by atoms with Gasteiger partial charge in [0.15, 0.2) is 0 Å². The lowest BCUT2D eigenvalue weighted by atomic mass is 10.1. The molecule has 0 aromatic heterocycles. The molecule has 0 aliphatic carbocycles. The van der Waals surface area contributed by atoms with E-state index in [4.69, 9.17) is 0 Å². The summed E-state index contributed by atoms with van der Waals surface area (Å²) >= 11 is 1.72. The first-order chi connectivity index (χ1) is 16.5. The molecule has 3 aromatic carbocycles. The number of fused-ring (bicyclic) bond motifs is 2. The number of hydrogen-bond donors (Lipinski definition) is 1. The number of anilines is 2. The van der Waals surface area contributed by atoms with Crippen LogP contribution in [0.5, 0.6) is 0 Å². The predicted octanol–water partition coefficient (Wildman–Crippen LogP) is 4.19. The zero-order chi connectivity index (χ0) is 23.5. The van der Waals surface area contributed by atoms with Crippen LogP contribution >= 0.6 is 11.8 Å². The molecular weight excluding hydrogens is 464 g/mol. The molecule has 5 rings (SSSR count). The highest BCUT2D eigenvalue weighted by Gasteiger charge is 2.30. The number of likely N-dealkylation sites (N-methyl/N-ethyl adjacent to an activating group) is 1. The van der Waals surface area contributed by atoms with Gasteiger partial charge in [0.1, 0.15) is 0 Å². The minimum Gasteiger partial charge on any atom is -0.385 e. The predicted molar refractivity (Wildman–Crippen MR) is 143 cm³/mol. The van der Waals surface area contributed by atoms with E-state index in [1.54, 1.807) is 28.2 Å². The molecule has 180 valence electrons. The summed E-state index contributed by atoms with van der Waals surface area (Å²) in [4.78, 5) is 6.24. The molecule has 1 saturated heterocycles. The monoisotopic (exact) mass is 496 g/mol. The minimum atomic E-state index is -3.65. The minimum absolute atomic E-state index is 0.342. The van der Waals surface area contributed by atoms with Gasteiger partial charge in [0.2, 0.25) is 0 Å². The molecule has 8 heteroatoms. The van der Waals surface area contributed by atoms with E-state index in [1.807, 2.05) is 42.5 Å². The number of rotatable bonds is 7. The van der Waals surface area contributed by atoms with Crippen LogP contribution in [0.4, 0.5) is 11.4 Å². The number of piperazine rings is 1. The molecule has 3 aromatic rings. The molecule has 0 saturated carbocycles. The molecule has 2 aliphatic rings. The van der Waals surface area contributed by atoms with Gasteiger partial charge < -0.3 is 15.1 Å². The van der Waals surface area contributed by atoms with Gasteiger partial charge in [-0.25, -0.2) is 8.42 Å². The highest BCUT2D eigenvalue weighted by molar-refractivity contribution is 8.00. The van der Waals surface area contributed by atoms with Crippen LogP contribution in [0.15, 0.2) is 70.5 Å². The summed E-state index contributed by atoms with van der Waals surface area (Å²) in [5, 5.41) is 5.49. The molecule has 2 aliphatic heterocycles. The van der Waals surface area contributed by atoms with Crippen molar-refractivity contribution in [2.24, 2.45) is 0 Å². The van der Waals surface area contributed by atoms with Crippen LogP contribution in [0, 0.1) is 0 Å². The Kier molecular flexibility index (Phi) is 7.01. The lowest BCUT2D eigenvalue weighted by Gasteiger charge is -2.32. The SMILES string of the molecule is CN1CCN(CCCNc2ccc3c(c2)N(S(=O)(=O)c2ccc4ccccc4c2)CCS3)CC1.